The van der Waals surface area contributed by atoms with Gasteiger partial charge in [-0.25, -0.2) is 0 Å². The van der Waals surface area contributed by atoms with Crippen LogP contribution in [0.2, 0.25) is 0 Å². The molecule has 1 aromatic heterocycles. The van der Waals surface area contributed by atoms with Gasteiger partial charge in [0.15, 0.2) is 0 Å². The third kappa shape index (κ3) is 2.10. The fraction of sp³-hybridized carbons (Fsp3) is 0.545. The zero-order valence-corrected chi connectivity index (χ0v) is 9.22. The molecule has 88 valence electrons. The monoisotopic (exact) mass is 224 g/mol. The summed E-state index contributed by atoms with van der Waals surface area (Å²) < 4.78 is 5.22. The molecule has 1 fully saturated rings. The van der Waals surface area contributed by atoms with Crippen molar-refractivity contribution >= 4 is 5.91 Å². The highest BCUT2D eigenvalue weighted by Gasteiger charge is 2.32. The molecule has 5 heteroatoms. The molecule has 0 spiro atoms. The summed E-state index contributed by atoms with van der Waals surface area (Å²) >= 11 is 0. The number of carbonyl (C=O) groups is 1. The van der Waals surface area contributed by atoms with Crippen molar-refractivity contribution in [1.82, 2.24) is 10.2 Å². The van der Waals surface area contributed by atoms with Crippen LogP contribution in [-0.2, 0) is 11.3 Å². The number of amides is 1. The second-order valence-electron chi connectivity index (χ2n) is 4.04. The summed E-state index contributed by atoms with van der Waals surface area (Å²) in [5.41, 5.74) is 0. The minimum atomic E-state index is -0.480. The van der Waals surface area contributed by atoms with E-state index in [-0.39, 0.29) is 18.6 Å². The summed E-state index contributed by atoms with van der Waals surface area (Å²) in [4.78, 5) is 13.7. The molecule has 2 atom stereocenters. The van der Waals surface area contributed by atoms with Gasteiger partial charge in [-0.1, -0.05) is 0 Å². The number of nitrogens with zero attached hydrogens (tertiary/aromatic N) is 1. The predicted octanol–water partition coefficient (Wildman–Crippen LogP) is -0.0392. The van der Waals surface area contributed by atoms with E-state index in [4.69, 9.17) is 9.52 Å². The minimum absolute atomic E-state index is 0.0716. The molecule has 0 radical (unpaired) electrons. The van der Waals surface area contributed by atoms with Crippen molar-refractivity contribution < 1.29 is 14.3 Å². The van der Waals surface area contributed by atoms with Gasteiger partial charge in [0, 0.05) is 12.6 Å². The molecule has 1 aliphatic heterocycles. The Labute approximate surface area is 94.0 Å². The first-order valence-corrected chi connectivity index (χ1v) is 5.39. The normalized spacial score (nSPS) is 26.1. The lowest BCUT2D eigenvalue weighted by Crippen LogP contribution is -2.60. The van der Waals surface area contributed by atoms with Crippen LogP contribution in [0.4, 0.5) is 0 Å². The van der Waals surface area contributed by atoms with Crippen molar-refractivity contribution in [3.63, 3.8) is 0 Å². The van der Waals surface area contributed by atoms with Gasteiger partial charge in [-0.05, 0) is 19.1 Å². The van der Waals surface area contributed by atoms with E-state index in [0.717, 1.165) is 5.76 Å². The third-order valence-corrected chi connectivity index (χ3v) is 2.86. The molecular formula is C11H16N2O3. The Balaban J connectivity index is 2.08. The second kappa shape index (κ2) is 4.67. The molecule has 0 saturated carbocycles. The molecule has 16 heavy (non-hydrogen) atoms. The number of aliphatic hydroxyl groups excluding tert-OH is 1. The van der Waals surface area contributed by atoms with Gasteiger partial charge < -0.3 is 19.7 Å². The molecule has 2 unspecified atom stereocenters. The van der Waals surface area contributed by atoms with Gasteiger partial charge in [-0.2, -0.15) is 0 Å². The van der Waals surface area contributed by atoms with E-state index in [1.165, 1.54) is 0 Å². The van der Waals surface area contributed by atoms with Crippen molar-refractivity contribution in [2.75, 3.05) is 13.2 Å². The first kappa shape index (κ1) is 11.2. The van der Waals surface area contributed by atoms with Crippen molar-refractivity contribution in [3.05, 3.63) is 24.2 Å². The summed E-state index contributed by atoms with van der Waals surface area (Å²) in [6, 6.07) is 3.28. The molecule has 0 bridgehead atoms. The van der Waals surface area contributed by atoms with Gasteiger partial charge in [0.1, 0.15) is 11.8 Å². The van der Waals surface area contributed by atoms with E-state index in [1.54, 1.807) is 17.2 Å². The molecule has 0 aromatic carbocycles. The average molecular weight is 224 g/mol. The van der Waals surface area contributed by atoms with Crippen LogP contribution < -0.4 is 5.32 Å². The van der Waals surface area contributed by atoms with Crippen LogP contribution >= 0.6 is 0 Å². The minimum Gasteiger partial charge on any atom is -0.467 e. The summed E-state index contributed by atoms with van der Waals surface area (Å²) in [6.07, 6.45) is 1.59. The van der Waals surface area contributed by atoms with Crippen LogP contribution in [0.25, 0.3) is 0 Å². The standard InChI is InChI=1S/C11H16N2O3/c1-8-5-12-10(7-14)11(15)13(8)6-9-3-2-4-16-9/h2-4,8,10,12,14H,5-7H2,1H3. The number of aliphatic hydroxyl groups is 1. The molecule has 2 rings (SSSR count). The molecule has 1 aromatic rings. The maximum atomic E-state index is 12.0. The number of piperazine rings is 1. The van der Waals surface area contributed by atoms with Crippen LogP contribution in [0, 0.1) is 0 Å². The number of carbonyl (C=O) groups excluding carboxylic acids is 1. The first-order chi connectivity index (χ1) is 7.72. The number of furan rings is 1. The highest BCUT2D eigenvalue weighted by Crippen LogP contribution is 2.13. The van der Waals surface area contributed by atoms with E-state index >= 15 is 0 Å². The molecule has 5 nitrogen and oxygen atoms in total. The summed E-state index contributed by atoms with van der Waals surface area (Å²) in [6.45, 7) is 2.96. The van der Waals surface area contributed by atoms with Gasteiger partial charge in [0.25, 0.3) is 0 Å². The van der Waals surface area contributed by atoms with Crippen LogP contribution in [0.3, 0.4) is 0 Å². The summed E-state index contributed by atoms with van der Waals surface area (Å²) in [5, 5.41) is 12.1. The molecular weight excluding hydrogens is 208 g/mol. The van der Waals surface area contributed by atoms with Crippen molar-refractivity contribution in [1.29, 1.82) is 0 Å². The lowest BCUT2D eigenvalue weighted by Gasteiger charge is -2.37. The summed E-state index contributed by atoms with van der Waals surface area (Å²) in [5.74, 6) is 0.691. The molecule has 2 N–H and O–H groups in total. The third-order valence-electron chi connectivity index (χ3n) is 2.86. The summed E-state index contributed by atoms with van der Waals surface area (Å²) in [7, 11) is 0. The number of hydrogen-bond acceptors (Lipinski definition) is 4. The molecule has 1 aliphatic rings. The first-order valence-electron chi connectivity index (χ1n) is 5.39. The number of nitrogens with one attached hydrogen (secondary N) is 1. The number of rotatable bonds is 3. The Kier molecular flexibility index (Phi) is 3.26. The molecule has 1 amide bonds. The molecule has 1 saturated heterocycles. The Bertz CT molecular complexity index is 350. The Morgan fingerprint density at radius 2 is 2.50 bits per heavy atom. The zero-order chi connectivity index (χ0) is 11.5. The second-order valence-corrected chi connectivity index (χ2v) is 4.04. The number of hydrogen-bond donors (Lipinski definition) is 2. The Morgan fingerprint density at radius 3 is 3.12 bits per heavy atom. The lowest BCUT2D eigenvalue weighted by molar-refractivity contribution is -0.140. The maximum Gasteiger partial charge on any atom is 0.242 e. The SMILES string of the molecule is CC1CNC(CO)C(=O)N1Cc1ccco1. The average Bonchev–Trinajstić information content (AvgIpc) is 2.77. The van der Waals surface area contributed by atoms with Crippen LogP contribution in [0.1, 0.15) is 12.7 Å². The van der Waals surface area contributed by atoms with Crippen LogP contribution in [0.5, 0.6) is 0 Å². The van der Waals surface area contributed by atoms with E-state index in [1.807, 2.05) is 13.0 Å². The highest BCUT2D eigenvalue weighted by atomic mass is 16.3. The molecule has 2 heterocycles. The zero-order valence-electron chi connectivity index (χ0n) is 9.22. The topological polar surface area (TPSA) is 65.7 Å². The van der Waals surface area contributed by atoms with Gasteiger partial charge >= 0.3 is 0 Å². The smallest absolute Gasteiger partial charge is 0.242 e. The van der Waals surface area contributed by atoms with Crippen LogP contribution in [-0.4, -0.2) is 41.1 Å². The van der Waals surface area contributed by atoms with E-state index in [2.05, 4.69) is 5.32 Å². The Hall–Kier alpha value is -1.33. The lowest BCUT2D eigenvalue weighted by atomic mass is 10.1. The van der Waals surface area contributed by atoms with Crippen molar-refractivity contribution in [3.8, 4) is 0 Å². The highest BCUT2D eigenvalue weighted by molar-refractivity contribution is 5.83. The fourth-order valence-electron chi connectivity index (χ4n) is 1.87. The largest absolute Gasteiger partial charge is 0.467 e. The van der Waals surface area contributed by atoms with Gasteiger partial charge in [0.05, 0.1) is 19.4 Å². The van der Waals surface area contributed by atoms with E-state index < -0.39 is 6.04 Å². The van der Waals surface area contributed by atoms with Crippen LogP contribution in [0.15, 0.2) is 22.8 Å². The van der Waals surface area contributed by atoms with Gasteiger partial charge in [0.2, 0.25) is 5.91 Å². The quantitative estimate of drug-likeness (QED) is 0.756. The molecule has 0 aliphatic carbocycles. The van der Waals surface area contributed by atoms with Crippen molar-refractivity contribution in [2.24, 2.45) is 0 Å². The Morgan fingerprint density at radius 1 is 1.69 bits per heavy atom. The maximum absolute atomic E-state index is 12.0. The van der Waals surface area contributed by atoms with Gasteiger partial charge in [-0.15, -0.1) is 0 Å². The van der Waals surface area contributed by atoms with Crippen molar-refractivity contribution in [2.45, 2.75) is 25.6 Å². The van der Waals surface area contributed by atoms with E-state index in [0.29, 0.717) is 13.1 Å². The predicted molar refractivity (Wildman–Crippen MR) is 57.6 cm³/mol. The fourth-order valence-corrected chi connectivity index (χ4v) is 1.87. The van der Waals surface area contributed by atoms with Gasteiger partial charge in [-0.3, -0.25) is 4.79 Å². The van der Waals surface area contributed by atoms with E-state index in [9.17, 15) is 4.79 Å².